The predicted octanol–water partition coefficient (Wildman–Crippen LogP) is 2.21. The van der Waals surface area contributed by atoms with Gasteiger partial charge < -0.3 is 19.7 Å². The van der Waals surface area contributed by atoms with Crippen molar-refractivity contribution in [3.8, 4) is 0 Å². The number of benzene rings is 1. The van der Waals surface area contributed by atoms with Gasteiger partial charge in [-0.2, -0.15) is 0 Å². The molecule has 0 saturated carbocycles. The van der Waals surface area contributed by atoms with Crippen molar-refractivity contribution in [3.63, 3.8) is 0 Å². The van der Waals surface area contributed by atoms with E-state index >= 15 is 0 Å². The Labute approximate surface area is 157 Å². The third-order valence-corrected chi connectivity index (χ3v) is 4.50. The van der Waals surface area contributed by atoms with E-state index in [2.05, 4.69) is 5.32 Å². The van der Waals surface area contributed by atoms with E-state index in [1.807, 2.05) is 6.92 Å². The fourth-order valence-electron chi connectivity index (χ4n) is 3.01. The Hall–Kier alpha value is -2.68. The molecule has 0 spiro atoms. The fourth-order valence-corrected chi connectivity index (χ4v) is 3.01. The van der Waals surface area contributed by atoms with Gasteiger partial charge in [-0.15, -0.1) is 0 Å². The second-order valence-electron chi connectivity index (χ2n) is 6.42. The van der Waals surface area contributed by atoms with E-state index in [1.54, 1.807) is 4.90 Å². The number of nitrogens with one attached hydrogen (secondary N) is 1. The highest BCUT2D eigenvalue weighted by Gasteiger charge is 2.25. The molecule has 1 aromatic rings. The lowest BCUT2D eigenvalue weighted by atomic mass is 10.0. The molecule has 9 heteroatoms. The van der Waals surface area contributed by atoms with E-state index in [1.165, 1.54) is 19.2 Å². The Morgan fingerprint density at radius 1 is 1.37 bits per heavy atom. The number of ether oxygens (including phenoxy) is 2. The van der Waals surface area contributed by atoms with Crippen LogP contribution in [-0.4, -0.2) is 61.2 Å². The number of amides is 1. The maximum absolute atomic E-state index is 12.2. The van der Waals surface area contributed by atoms with Crippen molar-refractivity contribution in [1.82, 2.24) is 4.90 Å². The summed E-state index contributed by atoms with van der Waals surface area (Å²) >= 11 is 0. The first-order valence-corrected chi connectivity index (χ1v) is 8.92. The third-order valence-electron chi connectivity index (χ3n) is 4.50. The van der Waals surface area contributed by atoms with Gasteiger partial charge in [-0.3, -0.25) is 14.9 Å². The molecule has 148 valence electrons. The zero-order valence-corrected chi connectivity index (χ0v) is 15.6. The molecule has 0 aliphatic carbocycles. The second kappa shape index (κ2) is 9.86. The number of piperidine rings is 1. The first-order valence-electron chi connectivity index (χ1n) is 8.92. The van der Waals surface area contributed by atoms with Crippen molar-refractivity contribution in [2.75, 3.05) is 38.7 Å². The van der Waals surface area contributed by atoms with E-state index in [4.69, 9.17) is 9.47 Å². The number of rotatable bonds is 8. The van der Waals surface area contributed by atoms with Crippen LogP contribution in [0.25, 0.3) is 0 Å². The Balaban J connectivity index is 1.99. The van der Waals surface area contributed by atoms with Gasteiger partial charge in [-0.05, 0) is 38.3 Å². The van der Waals surface area contributed by atoms with E-state index in [0.29, 0.717) is 19.7 Å². The highest BCUT2D eigenvalue weighted by Crippen LogP contribution is 2.26. The number of carbonyl (C=O) groups is 2. The molecule has 1 N–H and O–H groups in total. The minimum absolute atomic E-state index is 0.0264. The average Bonchev–Trinajstić information content (AvgIpc) is 2.66. The highest BCUT2D eigenvalue weighted by atomic mass is 16.6. The third kappa shape index (κ3) is 5.65. The first-order chi connectivity index (χ1) is 12.9. The number of carbonyl (C=O) groups excluding carboxylic acids is 2. The summed E-state index contributed by atoms with van der Waals surface area (Å²) in [6.45, 7) is 3.04. The van der Waals surface area contributed by atoms with Crippen LogP contribution in [-0.2, 0) is 14.3 Å². The van der Waals surface area contributed by atoms with Crippen LogP contribution in [0.3, 0.4) is 0 Å². The number of likely N-dealkylation sites (tertiary alicyclic amines) is 1. The molecule has 1 amide bonds. The monoisotopic (exact) mass is 379 g/mol. The minimum atomic E-state index is -0.764. The predicted molar refractivity (Wildman–Crippen MR) is 98.8 cm³/mol. The fraction of sp³-hybridized carbons (Fsp3) is 0.556. The van der Waals surface area contributed by atoms with Gasteiger partial charge in [0.25, 0.3) is 11.6 Å². The molecule has 0 bridgehead atoms. The molecule has 9 nitrogen and oxygen atoms in total. The smallest absolute Gasteiger partial charge is 0.338 e. The zero-order valence-electron chi connectivity index (χ0n) is 15.6. The number of nitro benzene ring substituents is 1. The van der Waals surface area contributed by atoms with Gasteiger partial charge in [0.05, 0.1) is 17.1 Å². The molecule has 0 radical (unpaired) electrons. The maximum Gasteiger partial charge on any atom is 0.338 e. The zero-order chi connectivity index (χ0) is 19.8. The quantitative estimate of drug-likeness (QED) is 0.319. The molecule has 1 atom stereocenters. The Kier molecular flexibility index (Phi) is 7.54. The van der Waals surface area contributed by atoms with Crippen LogP contribution < -0.4 is 5.32 Å². The summed E-state index contributed by atoms with van der Waals surface area (Å²) in [4.78, 5) is 36.8. The van der Waals surface area contributed by atoms with Crippen molar-refractivity contribution >= 4 is 23.3 Å². The summed E-state index contributed by atoms with van der Waals surface area (Å²) in [7, 11) is 1.53. The van der Waals surface area contributed by atoms with E-state index in [-0.39, 0.29) is 35.5 Å². The molecule has 0 aromatic heterocycles. The second-order valence-corrected chi connectivity index (χ2v) is 6.42. The average molecular weight is 379 g/mol. The Bertz CT molecular complexity index is 694. The summed E-state index contributed by atoms with van der Waals surface area (Å²) in [5.41, 5.74) is 0.0711. The van der Waals surface area contributed by atoms with Crippen LogP contribution in [0.15, 0.2) is 18.2 Å². The number of esters is 1. The van der Waals surface area contributed by atoms with Gasteiger partial charge in [-0.1, -0.05) is 0 Å². The van der Waals surface area contributed by atoms with Gasteiger partial charge in [0, 0.05) is 32.3 Å². The molecule has 1 heterocycles. The Morgan fingerprint density at radius 3 is 2.81 bits per heavy atom. The summed E-state index contributed by atoms with van der Waals surface area (Å²) in [5, 5.41) is 14.1. The summed E-state index contributed by atoms with van der Waals surface area (Å²) in [6.07, 6.45) is 2.95. The van der Waals surface area contributed by atoms with Crippen molar-refractivity contribution < 1.29 is 24.0 Å². The number of nitro groups is 1. The number of methoxy groups -OCH3 is 1. The van der Waals surface area contributed by atoms with E-state index in [9.17, 15) is 19.7 Å². The molecular formula is C18H25N3O6. The lowest BCUT2D eigenvalue weighted by Crippen LogP contribution is -2.44. The van der Waals surface area contributed by atoms with Gasteiger partial charge in [-0.25, -0.2) is 4.79 Å². The molecule has 2 rings (SSSR count). The lowest BCUT2D eigenvalue weighted by Gasteiger charge is -2.33. The molecular weight excluding hydrogens is 354 g/mol. The van der Waals surface area contributed by atoms with Crippen LogP contribution in [0.5, 0.6) is 0 Å². The minimum Gasteiger partial charge on any atom is -0.452 e. The number of anilines is 1. The van der Waals surface area contributed by atoms with Crippen LogP contribution in [0, 0.1) is 10.1 Å². The first kappa shape index (κ1) is 20.6. The van der Waals surface area contributed by atoms with Crippen LogP contribution in [0.1, 0.15) is 36.5 Å². The number of hydrogen-bond acceptors (Lipinski definition) is 7. The van der Waals surface area contributed by atoms with Gasteiger partial charge >= 0.3 is 5.97 Å². The summed E-state index contributed by atoms with van der Waals surface area (Å²) in [6, 6.07) is 4.14. The largest absolute Gasteiger partial charge is 0.452 e. The topological polar surface area (TPSA) is 111 Å². The van der Waals surface area contributed by atoms with Crippen molar-refractivity contribution in [3.05, 3.63) is 33.9 Å². The Morgan fingerprint density at radius 2 is 2.15 bits per heavy atom. The number of hydrogen-bond donors (Lipinski definition) is 1. The summed E-state index contributed by atoms with van der Waals surface area (Å²) < 4.78 is 9.97. The molecule has 1 saturated heterocycles. The molecule has 27 heavy (non-hydrogen) atoms. The van der Waals surface area contributed by atoms with Crippen molar-refractivity contribution in [2.24, 2.45) is 0 Å². The van der Waals surface area contributed by atoms with Gasteiger partial charge in [0.2, 0.25) is 0 Å². The molecule has 1 fully saturated rings. The van der Waals surface area contributed by atoms with Crippen LogP contribution in [0.2, 0.25) is 0 Å². The SMILES string of the molecule is COCCNc1ccc(C(=O)OCC(=O)N2CCCC[C@H]2C)cc1[N+](=O)[O-]. The number of nitrogens with zero attached hydrogens (tertiary/aromatic N) is 2. The summed E-state index contributed by atoms with van der Waals surface area (Å²) in [5.74, 6) is -1.01. The van der Waals surface area contributed by atoms with Crippen molar-refractivity contribution in [2.45, 2.75) is 32.2 Å². The molecule has 1 aromatic carbocycles. The van der Waals surface area contributed by atoms with Crippen LogP contribution in [0.4, 0.5) is 11.4 Å². The maximum atomic E-state index is 12.2. The highest BCUT2D eigenvalue weighted by molar-refractivity contribution is 5.93. The molecule has 1 aliphatic heterocycles. The normalized spacial score (nSPS) is 16.7. The van der Waals surface area contributed by atoms with Crippen LogP contribution >= 0.6 is 0 Å². The van der Waals surface area contributed by atoms with E-state index < -0.39 is 10.9 Å². The lowest BCUT2D eigenvalue weighted by molar-refractivity contribution is -0.384. The van der Waals surface area contributed by atoms with Crippen molar-refractivity contribution in [1.29, 1.82) is 0 Å². The van der Waals surface area contributed by atoms with Gasteiger partial charge in [0.1, 0.15) is 5.69 Å². The van der Waals surface area contributed by atoms with Gasteiger partial charge in [0.15, 0.2) is 6.61 Å². The van der Waals surface area contributed by atoms with E-state index in [0.717, 1.165) is 25.3 Å². The molecule has 1 aliphatic rings. The standard InChI is InChI=1S/C18H25N3O6/c1-13-5-3-4-9-20(13)17(22)12-27-18(23)14-6-7-15(19-8-10-26-2)16(11-14)21(24)25/h6-7,11,13,19H,3-5,8-10,12H2,1-2H3/t13-/m1/s1. The molecule has 0 unspecified atom stereocenters.